The summed E-state index contributed by atoms with van der Waals surface area (Å²) in [6.45, 7) is 0. The molecule has 2 atom stereocenters. The highest BCUT2D eigenvalue weighted by Crippen LogP contribution is 2.39. The van der Waals surface area contributed by atoms with Gasteiger partial charge in [0.25, 0.3) is 0 Å². The van der Waals surface area contributed by atoms with Gasteiger partial charge < -0.3 is 5.73 Å². The number of fused-ring (bicyclic) bond motifs is 2. The van der Waals surface area contributed by atoms with Crippen LogP contribution in [-0.2, 0) is 0 Å². The first-order valence-electron chi connectivity index (χ1n) is 6.45. The molecule has 2 unspecified atom stereocenters. The van der Waals surface area contributed by atoms with Gasteiger partial charge >= 0.3 is 0 Å². The average molecular weight is 226 g/mol. The van der Waals surface area contributed by atoms with Crippen LogP contribution in [0, 0.1) is 0 Å². The van der Waals surface area contributed by atoms with E-state index in [-0.39, 0.29) is 0 Å². The van der Waals surface area contributed by atoms with E-state index in [1.54, 1.807) is 0 Å². The fourth-order valence-electron chi connectivity index (χ4n) is 3.83. The zero-order chi connectivity index (χ0) is 10.3. The SMILES string of the molecule is NC1CC2CCC(C1)N2C1CCSCC1. The van der Waals surface area contributed by atoms with Gasteiger partial charge in [-0.3, -0.25) is 4.90 Å². The predicted molar refractivity (Wildman–Crippen MR) is 66.2 cm³/mol. The van der Waals surface area contributed by atoms with Gasteiger partial charge in [-0.1, -0.05) is 0 Å². The molecule has 3 aliphatic rings. The van der Waals surface area contributed by atoms with Crippen LogP contribution in [0.1, 0.15) is 38.5 Å². The molecule has 2 nitrogen and oxygen atoms in total. The lowest BCUT2D eigenvalue weighted by Gasteiger charge is -2.44. The highest BCUT2D eigenvalue weighted by molar-refractivity contribution is 7.99. The second kappa shape index (κ2) is 4.27. The van der Waals surface area contributed by atoms with Crippen molar-refractivity contribution < 1.29 is 0 Å². The maximum atomic E-state index is 6.12. The number of rotatable bonds is 1. The smallest absolute Gasteiger partial charge is 0.0117 e. The molecule has 2 N–H and O–H groups in total. The number of nitrogens with zero attached hydrogens (tertiary/aromatic N) is 1. The Kier molecular flexibility index (Phi) is 2.97. The molecule has 0 aromatic rings. The van der Waals surface area contributed by atoms with E-state index < -0.39 is 0 Å². The van der Waals surface area contributed by atoms with Gasteiger partial charge in [0.05, 0.1) is 0 Å². The quantitative estimate of drug-likeness (QED) is 0.740. The zero-order valence-electron chi connectivity index (χ0n) is 9.40. The molecule has 3 aliphatic heterocycles. The molecule has 0 radical (unpaired) electrons. The topological polar surface area (TPSA) is 29.3 Å². The molecule has 3 heteroatoms. The molecule has 3 heterocycles. The van der Waals surface area contributed by atoms with Gasteiger partial charge in [0, 0.05) is 24.2 Å². The lowest BCUT2D eigenvalue weighted by molar-refractivity contribution is 0.0728. The molecular weight excluding hydrogens is 204 g/mol. The lowest BCUT2D eigenvalue weighted by Crippen LogP contribution is -2.52. The Morgan fingerprint density at radius 2 is 1.47 bits per heavy atom. The van der Waals surface area contributed by atoms with Gasteiger partial charge in [-0.25, -0.2) is 0 Å². The molecule has 0 amide bonds. The van der Waals surface area contributed by atoms with Crippen molar-refractivity contribution in [1.29, 1.82) is 0 Å². The highest BCUT2D eigenvalue weighted by Gasteiger charge is 2.42. The van der Waals surface area contributed by atoms with Gasteiger partial charge in [-0.15, -0.1) is 0 Å². The first-order valence-corrected chi connectivity index (χ1v) is 7.61. The third-order valence-corrected chi connectivity index (χ3v) is 5.49. The van der Waals surface area contributed by atoms with Crippen molar-refractivity contribution in [3.63, 3.8) is 0 Å². The summed E-state index contributed by atoms with van der Waals surface area (Å²) >= 11 is 2.13. The van der Waals surface area contributed by atoms with E-state index in [9.17, 15) is 0 Å². The van der Waals surface area contributed by atoms with Crippen LogP contribution < -0.4 is 5.73 Å². The Bertz CT molecular complexity index is 214. The number of nitrogens with two attached hydrogens (primary N) is 1. The van der Waals surface area contributed by atoms with E-state index in [0.29, 0.717) is 6.04 Å². The van der Waals surface area contributed by atoms with Crippen LogP contribution >= 0.6 is 11.8 Å². The average Bonchev–Trinajstić information content (AvgIpc) is 2.53. The van der Waals surface area contributed by atoms with Crippen molar-refractivity contribution in [2.24, 2.45) is 5.73 Å². The summed E-state index contributed by atoms with van der Waals surface area (Å²) in [6, 6.07) is 3.08. The van der Waals surface area contributed by atoms with E-state index >= 15 is 0 Å². The monoisotopic (exact) mass is 226 g/mol. The van der Waals surface area contributed by atoms with Gasteiger partial charge in [-0.2, -0.15) is 11.8 Å². The van der Waals surface area contributed by atoms with Crippen molar-refractivity contribution in [3.8, 4) is 0 Å². The Labute approximate surface area is 97.0 Å². The largest absolute Gasteiger partial charge is 0.328 e. The number of hydrogen-bond acceptors (Lipinski definition) is 3. The van der Waals surface area contributed by atoms with E-state index in [1.807, 2.05) is 0 Å². The molecule has 0 saturated carbocycles. The Balaban J connectivity index is 1.70. The minimum Gasteiger partial charge on any atom is -0.328 e. The molecule has 3 fully saturated rings. The Morgan fingerprint density at radius 1 is 0.867 bits per heavy atom. The van der Waals surface area contributed by atoms with E-state index in [1.165, 1.54) is 50.0 Å². The standard InChI is InChI=1S/C12H22N2S/c13-9-7-11-1-2-12(8-9)14(11)10-3-5-15-6-4-10/h9-12H,1-8,13H2. The van der Waals surface area contributed by atoms with Crippen LogP contribution in [0.3, 0.4) is 0 Å². The minimum absolute atomic E-state index is 0.497. The molecule has 0 aromatic heterocycles. The minimum atomic E-state index is 0.497. The fraction of sp³-hybridized carbons (Fsp3) is 1.00. The molecule has 2 bridgehead atoms. The third-order valence-electron chi connectivity index (χ3n) is 4.44. The van der Waals surface area contributed by atoms with Crippen LogP contribution in [0.25, 0.3) is 0 Å². The zero-order valence-corrected chi connectivity index (χ0v) is 10.2. The molecule has 0 spiro atoms. The van der Waals surface area contributed by atoms with E-state index in [2.05, 4.69) is 16.7 Å². The van der Waals surface area contributed by atoms with Crippen molar-refractivity contribution in [2.45, 2.75) is 62.7 Å². The van der Waals surface area contributed by atoms with E-state index in [4.69, 9.17) is 5.73 Å². The summed E-state index contributed by atoms with van der Waals surface area (Å²) in [7, 11) is 0. The van der Waals surface area contributed by atoms with Gasteiger partial charge in [0.15, 0.2) is 0 Å². The summed E-state index contributed by atoms with van der Waals surface area (Å²) < 4.78 is 0. The van der Waals surface area contributed by atoms with Gasteiger partial charge in [-0.05, 0) is 50.0 Å². The van der Waals surface area contributed by atoms with Crippen LogP contribution in [0.2, 0.25) is 0 Å². The van der Waals surface area contributed by atoms with Crippen molar-refractivity contribution in [2.75, 3.05) is 11.5 Å². The summed E-state index contributed by atoms with van der Waals surface area (Å²) in [6.07, 6.45) is 8.21. The number of thioether (sulfide) groups is 1. The molecule has 3 saturated heterocycles. The Morgan fingerprint density at radius 3 is 2.07 bits per heavy atom. The van der Waals surface area contributed by atoms with E-state index in [0.717, 1.165) is 18.1 Å². The van der Waals surface area contributed by atoms with Crippen LogP contribution in [0.4, 0.5) is 0 Å². The fourth-order valence-corrected chi connectivity index (χ4v) is 4.92. The molecule has 0 aliphatic carbocycles. The van der Waals surface area contributed by atoms with Crippen molar-refractivity contribution in [1.82, 2.24) is 4.90 Å². The first kappa shape index (κ1) is 10.4. The molecular formula is C12H22N2S. The van der Waals surface area contributed by atoms with Gasteiger partial charge in [0.2, 0.25) is 0 Å². The van der Waals surface area contributed by atoms with Crippen LogP contribution in [-0.4, -0.2) is 40.6 Å². The van der Waals surface area contributed by atoms with Crippen molar-refractivity contribution in [3.05, 3.63) is 0 Å². The normalized spacial score (nSPS) is 43.4. The molecule has 15 heavy (non-hydrogen) atoms. The van der Waals surface area contributed by atoms with Crippen molar-refractivity contribution >= 4 is 11.8 Å². The van der Waals surface area contributed by atoms with Crippen LogP contribution in [0.15, 0.2) is 0 Å². The molecule has 86 valence electrons. The molecule has 0 aromatic carbocycles. The molecule has 3 rings (SSSR count). The summed E-state index contributed by atoms with van der Waals surface area (Å²) in [4.78, 5) is 2.86. The first-order chi connectivity index (χ1) is 7.34. The maximum Gasteiger partial charge on any atom is 0.0117 e. The summed E-state index contributed by atoms with van der Waals surface area (Å²) in [5.41, 5.74) is 6.12. The second-order valence-electron chi connectivity index (χ2n) is 5.41. The third kappa shape index (κ3) is 1.94. The number of piperidine rings is 1. The number of hydrogen-bond donors (Lipinski definition) is 1. The highest BCUT2D eigenvalue weighted by atomic mass is 32.2. The summed E-state index contributed by atoms with van der Waals surface area (Å²) in [5, 5.41) is 0. The van der Waals surface area contributed by atoms with Crippen LogP contribution in [0.5, 0.6) is 0 Å². The Hall–Kier alpha value is 0.270. The predicted octanol–water partition coefficient (Wildman–Crippen LogP) is 1.84. The van der Waals surface area contributed by atoms with Gasteiger partial charge in [0.1, 0.15) is 0 Å². The second-order valence-corrected chi connectivity index (χ2v) is 6.63. The summed E-state index contributed by atoms with van der Waals surface area (Å²) in [5.74, 6) is 2.76. The maximum absolute atomic E-state index is 6.12. The lowest BCUT2D eigenvalue weighted by atomic mass is 9.94.